The summed E-state index contributed by atoms with van der Waals surface area (Å²) in [6, 6.07) is 1.95. The normalized spacial score (nSPS) is 16.6. The third-order valence-electron chi connectivity index (χ3n) is 2.58. The number of H-pyrrole nitrogens is 1. The zero-order valence-electron chi connectivity index (χ0n) is 8.57. The van der Waals surface area contributed by atoms with Gasteiger partial charge >= 0.3 is 0 Å². The van der Waals surface area contributed by atoms with Gasteiger partial charge < -0.3 is 10.3 Å². The number of imidazole rings is 1. The number of aromatic nitrogens is 2. The Hall–Kier alpha value is -1.88. The Morgan fingerprint density at radius 3 is 3.12 bits per heavy atom. The first-order valence-electron chi connectivity index (χ1n) is 4.86. The summed E-state index contributed by atoms with van der Waals surface area (Å²) < 4.78 is 0. The highest BCUT2D eigenvalue weighted by atomic mass is 32.1. The zero-order chi connectivity index (χ0) is 11.1. The Morgan fingerprint density at radius 1 is 1.50 bits per heavy atom. The van der Waals surface area contributed by atoms with Crippen LogP contribution in [0.2, 0.25) is 0 Å². The summed E-state index contributed by atoms with van der Waals surface area (Å²) in [7, 11) is 0. The second-order valence-electron chi connectivity index (χ2n) is 3.58. The number of hydrogen-bond donors (Lipinski definition) is 2. The summed E-state index contributed by atoms with van der Waals surface area (Å²) in [4.78, 5) is 18.8. The number of amides is 1. The largest absolute Gasteiger partial charge is 0.345 e. The first-order valence-corrected chi connectivity index (χ1v) is 5.74. The van der Waals surface area contributed by atoms with Gasteiger partial charge in [0, 0.05) is 5.56 Å². The van der Waals surface area contributed by atoms with Crippen LogP contribution in [0.15, 0.2) is 17.8 Å². The highest BCUT2D eigenvalue weighted by Crippen LogP contribution is 2.37. The summed E-state index contributed by atoms with van der Waals surface area (Å²) in [6.07, 6.45) is 3.47. The molecule has 3 heterocycles. The van der Waals surface area contributed by atoms with Gasteiger partial charge in [-0.3, -0.25) is 4.79 Å². The molecule has 0 aliphatic carbocycles. The van der Waals surface area contributed by atoms with Gasteiger partial charge in [-0.1, -0.05) is 0 Å². The lowest BCUT2D eigenvalue weighted by Crippen LogP contribution is -2.03. The first kappa shape index (κ1) is 9.35. The molecular weight excluding hydrogens is 222 g/mol. The van der Waals surface area contributed by atoms with E-state index in [0.29, 0.717) is 5.57 Å². The standard InChI is InChI=1S/C11H9N3OS/c1-6-9(13-5-12-6)4-8-7-2-3-16-11(7)14-10(8)15/h2-5H,1H3,(H,12,13)(H,14,15). The monoisotopic (exact) mass is 231 g/mol. The van der Waals surface area contributed by atoms with Crippen molar-refractivity contribution in [3.8, 4) is 0 Å². The quantitative estimate of drug-likeness (QED) is 0.740. The maximum atomic E-state index is 11.7. The van der Waals surface area contributed by atoms with Crippen LogP contribution in [-0.2, 0) is 4.79 Å². The van der Waals surface area contributed by atoms with Gasteiger partial charge in [-0.2, -0.15) is 0 Å². The molecule has 0 spiro atoms. The number of nitrogens with zero attached hydrogens (tertiary/aromatic N) is 1. The average Bonchev–Trinajstić information content (AvgIpc) is 2.89. The minimum atomic E-state index is -0.0455. The van der Waals surface area contributed by atoms with Crippen LogP contribution in [0.3, 0.4) is 0 Å². The van der Waals surface area contributed by atoms with Crippen molar-refractivity contribution >= 4 is 33.9 Å². The van der Waals surface area contributed by atoms with Gasteiger partial charge in [-0.15, -0.1) is 11.3 Å². The molecule has 0 saturated heterocycles. The van der Waals surface area contributed by atoms with Crippen molar-refractivity contribution in [2.45, 2.75) is 6.92 Å². The Balaban J connectivity index is 2.11. The molecule has 0 radical (unpaired) electrons. The Kier molecular flexibility index (Phi) is 1.94. The van der Waals surface area contributed by atoms with Gasteiger partial charge in [0.15, 0.2) is 0 Å². The molecular formula is C11H9N3OS. The number of carbonyl (C=O) groups excluding carboxylic acids is 1. The third kappa shape index (κ3) is 1.29. The van der Waals surface area contributed by atoms with Crippen molar-refractivity contribution in [3.63, 3.8) is 0 Å². The number of aryl methyl sites for hydroxylation is 1. The summed E-state index contributed by atoms with van der Waals surface area (Å²) in [5.74, 6) is -0.0455. The predicted molar refractivity (Wildman–Crippen MR) is 64.1 cm³/mol. The molecule has 1 aliphatic rings. The third-order valence-corrected chi connectivity index (χ3v) is 3.41. The van der Waals surface area contributed by atoms with E-state index in [-0.39, 0.29) is 5.91 Å². The van der Waals surface area contributed by atoms with Gasteiger partial charge in [0.2, 0.25) is 0 Å². The topological polar surface area (TPSA) is 57.8 Å². The molecule has 0 aromatic carbocycles. The zero-order valence-corrected chi connectivity index (χ0v) is 9.39. The lowest BCUT2D eigenvalue weighted by molar-refractivity contribution is -0.110. The van der Waals surface area contributed by atoms with E-state index in [1.807, 2.05) is 24.4 Å². The maximum Gasteiger partial charge on any atom is 0.257 e. The van der Waals surface area contributed by atoms with Crippen molar-refractivity contribution in [1.29, 1.82) is 0 Å². The smallest absolute Gasteiger partial charge is 0.257 e. The molecule has 16 heavy (non-hydrogen) atoms. The number of fused-ring (bicyclic) bond motifs is 1. The molecule has 80 valence electrons. The lowest BCUT2D eigenvalue weighted by atomic mass is 10.1. The first-order chi connectivity index (χ1) is 7.75. The van der Waals surface area contributed by atoms with Crippen LogP contribution < -0.4 is 5.32 Å². The maximum absolute atomic E-state index is 11.7. The lowest BCUT2D eigenvalue weighted by Gasteiger charge is -1.94. The fourth-order valence-corrected chi connectivity index (χ4v) is 2.51. The van der Waals surface area contributed by atoms with Gasteiger partial charge in [0.1, 0.15) is 5.00 Å². The Morgan fingerprint density at radius 2 is 2.38 bits per heavy atom. The Bertz CT molecular complexity index is 594. The molecule has 0 bridgehead atoms. The van der Waals surface area contributed by atoms with Crippen LogP contribution >= 0.6 is 11.3 Å². The van der Waals surface area contributed by atoms with Crippen LogP contribution in [0.5, 0.6) is 0 Å². The predicted octanol–water partition coefficient (Wildman–Crippen LogP) is 2.27. The van der Waals surface area contributed by atoms with Crippen molar-refractivity contribution in [1.82, 2.24) is 9.97 Å². The molecule has 0 atom stereocenters. The van der Waals surface area contributed by atoms with E-state index in [4.69, 9.17) is 0 Å². The van der Waals surface area contributed by atoms with Gasteiger partial charge in [0.25, 0.3) is 5.91 Å². The summed E-state index contributed by atoms with van der Waals surface area (Å²) in [5.41, 5.74) is 3.45. The van der Waals surface area contributed by atoms with Crippen LogP contribution in [0.25, 0.3) is 11.6 Å². The fourth-order valence-electron chi connectivity index (χ4n) is 1.72. The number of hydrogen-bond acceptors (Lipinski definition) is 3. The van der Waals surface area contributed by atoms with Gasteiger partial charge in [0.05, 0.1) is 23.3 Å². The summed E-state index contributed by atoms with van der Waals surface area (Å²) in [6.45, 7) is 1.91. The number of anilines is 1. The second kappa shape index (κ2) is 3.31. The number of rotatable bonds is 1. The van der Waals surface area contributed by atoms with E-state index in [1.54, 1.807) is 6.33 Å². The molecule has 3 rings (SSSR count). The average molecular weight is 231 g/mol. The molecule has 2 aromatic heterocycles. The minimum Gasteiger partial charge on any atom is -0.345 e. The number of nitrogens with one attached hydrogen (secondary N) is 2. The molecule has 0 saturated carbocycles. The van der Waals surface area contributed by atoms with E-state index in [0.717, 1.165) is 22.0 Å². The number of aromatic amines is 1. The van der Waals surface area contributed by atoms with Gasteiger partial charge in [-0.05, 0) is 24.4 Å². The van der Waals surface area contributed by atoms with Crippen LogP contribution in [0.1, 0.15) is 17.0 Å². The molecule has 1 amide bonds. The minimum absolute atomic E-state index is 0.0455. The van der Waals surface area contributed by atoms with E-state index in [1.165, 1.54) is 11.3 Å². The molecule has 2 aromatic rings. The summed E-state index contributed by atoms with van der Waals surface area (Å²) in [5, 5.41) is 5.73. The van der Waals surface area contributed by atoms with Crippen molar-refractivity contribution in [3.05, 3.63) is 34.7 Å². The van der Waals surface area contributed by atoms with Crippen molar-refractivity contribution in [2.75, 3.05) is 5.32 Å². The molecule has 0 fully saturated rings. The number of thiophene rings is 1. The molecule has 0 unspecified atom stereocenters. The SMILES string of the molecule is Cc1nc[nH]c1C=C1C(=O)Nc2sccc21. The summed E-state index contributed by atoms with van der Waals surface area (Å²) >= 11 is 1.54. The van der Waals surface area contributed by atoms with Crippen molar-refractivity contribution in [2.24, 2.45) is 0 Å². The van der Waals surface area contributed by atoms with E-state index >= 15 is 0 Å². The molecule has 2 N–H and O–H groups in total. The van der Waals surface area contributed by atoms with Gasteiger partial charge in [-0.25, -0.2) is 4.98 Å². The highest BCUT2D eigenvalue weighted by Gasteiger charge is 2.25. The molecule has 1 aliphatic heterocycles. The van der Waals surface area contributed by atoms with Crippen molar-refractivity contribution < 1.29 is 4.79 Å². The fraction of sp³-hybridized carbons (Fsp3) is 0.0909. The highest BCUT2D eigenvalue weighted by molar-refractivity contribution is 7.15. The van der Waals surface area contributed by atoms with Crippen LogP contribution in [0, 0.1) is 6.92 Å². The van der Waals surface area contributed by atoms with E-state index in [9.17, 15) is 4.79 Å². The number of carbonyl (C=O) groups is 1. The Labute approximate surface area is 96.0 Å². The van der Waals surface area contributed by atoms with Crippen LogP contribution in [-0.4, -0.2) is 15.9 Å². The van der Waals surface area contributed by atoms with E-state index in [2.05, 4.69) is 15.3 Å². The van der Waals surface area contributed by atoms with Crippen LogP contribution in [0.4, 0.5) is 5.00 Å². The molecule has 5 heteroatoms. The second-order valence-corrected chi connectivity index (χ2v) is 4.49. The molecule has 4 nitrogen and oxygen atoms in total. The van der Waals surface area contributed by atoms with E-state index < -0.39 is 0 Å².